The Labute approximate surface area is 183 Å². The van der Waals surface area contributed by atoms with Crippen molar-refractivity contribution in [2.45, 2.75) is 6.54 Å². The predicted molar refractivity (Wildman–Crippen MR) is 123 cm³/mol. The molecule has 0 saturated heterocycles. The van der Waals surface area contributed by atoms with Crippen LogP contribution in [0.5, 0.6) is 0 Å². The molecule has 0 atom stereocenters. The molecule has 0 bridgehead atoms. The van der Waals surface area contributed by atoms with E-state index in [4.69, 9.17) is 0 Å². The lowest BCUT2D eigenvalue weighted by Crippen LogP contribution is -2.16. The van der Waals surface area contributed by atoms with Crippen LogP contribution in [0.25, 0.3) is 0 Å². The van der Waals surface area contributed by atoms with Crippen LogP contribution >= 0.6 is 15.9 Å². The SMILES string of the molecule is CN(Cc1cccc(Nc2ncnc(Nc3cccc(Br)c3)n2)c1)c1ccncc1. The molecular formula is C22H20BrN7. The Morgan fingerprint density at radius 3 is 2.23 bits per heavy atom. The van der Waals surface area contributed by atoms with Crippen molar-refractivity contribution in [1.29, 1.82) is 0 Å². The Morgan fingerprint density at radius 2 is 1.53 bits per heavy atom. The number of nitrogens with zero attached hydrogens (tertiary/aromatic N) is 5. The van der Waals surface area contributed by atoms with Gasteiger partial charge in [-0.25, -0.2) is 9.97 Å². The van der Waals surface area contributed by atoms with Crippen molar-refractivity contribution >= 4 is 44.9 Å². The first kappa shape index (κ1) is 19.8. The van der Waals surface area contributed by atoms with Gasteiger partial charge in [-0.1, -0.05) is 34.1 Å². The molecule has 0 aliphatic carbocycles. The second-order valence-electron chi connectivity index (χ2n) is 6.65. The van der Waals surface area contributed by atoms with Crippen LogP contribution in [-0.2, 0) is 6.54 Å². The number of hydrogen-bond donors (Lipinski definition) is 2. The smallest absolute Gasteiger partial charge is 0.232 e. The van der Waals surface area contributed by atoms with Crippen LogP contribution < -0.4 is 15.5 Å². The molecule has 2 aromatic heterocycles. The molecule has 0 fully saturated rings. The van der Waals surface area contributed by atoms with Crippen LogP contribution in [0.1, 0.15) is 5.56 Å². The zero-order valence-electron chi connectivity index (χ0n) is 16.3. The third-order valence-corrected chi connectivity index (χ3v) is 4.85. The van der Waals surface area contributed by atoms with Crippen molar-refractivity contribution in [2.75, 3.05) is 22.6 Å². The molecule has 0 spiro atoms. The van der Waals surface area contributed by atoms with E-state index in [0.717, 1.165) is 28.1 Å². The highest BCUT2D eigenvalue weighted by Gasteiger charge is 2.05. The number of rotatable bonds is 7. The van der Waals surface area contributed by atoms with E-state index < -0.39 is 0 Å². The molecule has 4 aromatic rings. The maximum Gasteiger partial charge on any atom is 0.232 e. The normalized spacial score (nSPS) is 10.5. The van der Waals surface area contributed by atoms with Crippen LogP contribution in [0.15, 0.2) is 83.9 Å². The number of nitrogens with one attached hydrogen (secondary N) is 2. The lowest BCUT2D eigenvalue weighted by Gasteiger charge is -2.19. The summed E-state index contributed by atoms with van der Waals surface area (Å²) in [5.74, 6) is 0.946. The van der Waals surface area contributed by atoms with Crippen LogP contribution in [0.4, 0.5) is 29.0 Å². The summed E-state index contributed by atoms with van der Waals surface area (Å²) >= 11 is 3.46. The van der Waals surface area contributed by atoms with Gasteiger partial charge in [0.05, 0.1) is 0 Å². The van der Waals surface area contributed by atoms with Gasteiger partial charge in [0.1, 0.15) is 6.33 Å². The summed E-state index contributed by atoms with van der Waals surface area (Å²) in [5, 5.41) is 6.44. The van der Waals surface area contributed by atoms with E-state index in [1.54, 1.807) is 12.4 Å². The Bertz CT molecular complexity index is 1120. The molecule has 0 aliphatic rings. The minimum Gasteiger partial charge on any atom is -0.370 e. The molecule has 0 saturated carbocycles. The standard InChI is InChI=1S/C22H20BrN7/c1-30(20-8-10-24-11-9-20)14-16-4-2-6-18(12-16)27-21-25-15-26-22(29-21)28-19-7-3-5-17(23)13-19/h2-13,15H,14H2,1H3,(H2,25,26,27,28,29). The monoisotopic (exact) mass is 461 g/mol. The Kier molecular flexibility index (Phi) is 6.14. The summed E-state index contributed by atoms with van der Waals surface area (Å²) in [4.78, 5) is 19.1. The van der Waals surface area contributed by atoms with Crippen LogP contribution in [0.3, 0.4) is 0 Å². The van der Waals surface area contributed by atoms with Crippen LogP contribution in [0.2, 0.25) is 0 Å². The minimum absolute atomic E-state index is 0.471. The summed E-state index contributed by atoms with van der Waals surface area (Å²) < 4.78 is 0.980. The first-order chi connectivity index (χ1) is 14.7. The molecule has 0 radical (unpaired) electrons. The maximum atomic E-state index is 4.45. The number of hydrogen-bond acceptors (Lipinski definition) is 7. The van der Waals surface area contributed by atoms with Crippen molar-refractivity contribution in [3.05, 3.63) is 89.4 Å². The van der Waals surface area contributed by atoms with Gasteiger partial charge in [-0.3, -0.25) is 4.98 Å². The Balaban J connectivity index is 1.45. The van der Waals surface area contributed by atoms with Gasteiger partial charge in [-0.15, -0.1) is 0 Å². The van der Waals surface area contributed by atoms with Crippen LogP contribution in [-0.4, -0.2) is 27.0 Å². The van der Waals surface area contributed by atoms with Crippen molar-refractivity contribution in [3.63, 3.8) is 0 Å². The minimum atomic E-state index is 0.471. The van der Waals surface area contributed by atoms with Gasteiger partial charge >= 0.3 is 0 Å². The Morgan fingerprint density at radius 1 is 0.867 bits per heavy atom. The number of halogens is 1. The number of benzene rings is 2. The predicted octanol–water partition coefficient (Wildman–Crippen LogP) is 5.15. The highest BCUT2D eigenvalue weighted by Crippen LogP contribution is 2.21. The number of pyridine rings is 1. The van der Waals surface area contributed by atoms with E-state index in [0.29, 0.717) is 11.9 Å². The molecule has 8 heteroatoms. The molecule has 2 N–H and O–H groups in total. The van der Waals surface area contributed by atoms with Crippen molar-refractivity contribution in [1.82, 2.24) is 19.9 Å². The maximum absolute atomic E-state index is 4.45. The van der Waals surface area contributed by atoms with Crippen LogP contribution in [0, 0.1) is 0 Å². The molecule has 2 aromatic carbocycles. The van der Waals surface area contributed by atoms with E-state index in [1.807, 2.05) is 48.5 Å². The van der Waals surface area contributed by atoms with E-state index in [9.17, 15) is 0 Å². The molecule has 30 heavy (non-hydrogen) atoms. The van der Waals surface area contributed by atoms with Gasteiger partial charge in [-0.05, 0) is 48.0 Å². The average molecular weight is 462 g/mol. The fraction of sp³-hybridized carbons (Fsp3) is 0.0909. The highest BCUT2D eigenvalue weighted by atomic mass is 79.9. The van der Waals surface area contributed by atoms with Crippen molar-refractivity contribution < 1.29 is 0 Å². The summed E-state index contributed by atoms with van der Waals surface area (Å²) in [5.41, 5.74) is 4.09. The first-order valence-electron chi connectivity index (χ1n) is 9.34. The fourth-order valence-electron chi connectivity index (χ4n) is 2.95. The summed E-state index contributed by atoms with van der Waals surface area (Å²) in [7, 11) is 2.06. The fourth-order valence-corrected chi connectivity index (χ4v) is 3.35. The molecule has 0 amide bonds. The third-order valence-electron chi connectivity index (χ3n) is 4.36. The largest absolute Gasteiger partial charge is 0.370 e. The highest BCUT2D eigenvalue weighted by molar-refractivity contribution is 9.10. The number of anilines is 5. The van der Waals surface area contributed by atoms with Crippen molar-refractivity contribution in [3.8, 4) is 0 Å². The summed E-state index contributed by atoms with van der Waals surface area (Å²) in [6.07, 6.45) is 5.07. The van der Waals surface area contributed by atoms with E-state index in [2.05, 4.69) is 70.6 Å². The topological polar surface area (TPSA) is 78.9 Å². The quantitative estimate of drug-likeness (QED) is 0.393. The second kappa shape index (κ2) is 9.32. The lowest BCUT2D eigenvalue weighted by molar-refractivity contribution is 0.921. The van der Waals surface area contributed by atoms with Crippen molar-refractivity contribution in [2.24, 2.45) is 0 Å². The summed E-state index contributed by atoms with van der Waals surface area (Å²) in [6, 6.07) is 20.0. The van der Waals surface area contributed by atoms with Gasteiger partial charge in [-0.2, -0.15) is 4.98 Å². The van der Waals surface area contributed by atoms with Gasteiger partial charge in [0.15, 0.2) is 0 Å². The molecule has 4 rings (SSSR count). The lowest BCUT2D eigenvalue weighted by atomic mass is 10.2. The molecule has 150 valence electrons. The zero-order chi connectivity index (χ0) is 20.8. The molecular weight excluding hydrogens is 442 g/mol. The van der Waals surface area contributed by atoms with Gasteiger partial charge < -0.3 is 15.5 Å². The Hall–Kier alpha value is -3.52. The second-order valence-corrected chi connectivity index (χ2v) is 7.57. The van der Waals surface area contributed by atoms with E-state index >= 15 is 0 Å². The molecule has 0 aliphatic heterocycles. The first-order valence-corrected chi connectivity index (χ1v) is 10.1. The van der Waals surface area contributed by atoms with Gasteiger partial charge in [0, 0.05) is 47.5 Å². The number of aromatic nitrogens is 4. The molecule has 7 nitrogen and oxygen atoms in total. The molecule has 0 unspecified atom stereocenters. The van der Waals surface area contributed by atoms with E-state index in [-0.39, 0.29) is 0 Å². The van der Waals surface area contributed by atoms with Gasteiger partial charge in [0.25, 0.3) is 0 Å². The molecule has 2 heterocycles. The third kappa shape index (κ3) is 5.30. The average Bonchev–Trinajstić information content (AvgIpc) is 2.75. The van der Waals surface area contributed by atoms with E-state index in [1.165, 1.54) is 11.9 Å². The van der Waals surface area contributed by atoms with Gasteiger partial charge in [0.2, 0.25) is 11.9 Å². The summed E-state index contributed by atoms with van der Waals surface area (Å²) in [6.45, 7) is 0.770. The zero-order valence-corrected chi connectivity index (χ0v) is 17.9.